The summed E-state index contributed by atoms with van der Waals surface area (Å²) in [6, 6.07) is 3.85. The predicted octanol–water partition coefficient (Wildman–Crippen LogP) is 2.55. The molecular formula is C15H18F3N5OS2. The number of hydrogen-bond acceptors (Lipinski definition) is 5. The Kier molecular flexibility index (Phi) is 6.98. The molecule has 0 aliphatic carbocycles. The van der Waals surface area contributed by atoms with E-state index in [9.17, 15) is 18.0 Å². The SMILES string of the molecule is CN(C)C(=O)CN=C(NCc1cccs1)NCc1nc(C(F)(F)F)cs1. The van der Waals surface area contributed by atoms with E-state index in [1.807, 2.05) is 17.5 Å². The number of aromatic nitrogens is 1. The zero-order valence-corrected chi connectivity index (χ0v) is 15.8. The highest BCUT2D eigenvalue weighted by molar-refractivity contribution is 7.10. The number of carbonyl (C=O) groups is 1. The minimum Gasteiger partial charge on any atom is -0.351 e. The van der Waals surface area contributed by atoms with Gasteiger partial charge in [0.2, 0.25) is 5.91 Å². The highest BCUT2D eigenvalue weighted by Crippen LogP contribution is 2.29. The van der Waals surface area contributed by atoms with Crippen molar-refractivity contribution in [1.82, 2.24) is 20.5 Å². The van der Waals surface area contributed by atoms with Crippen LogP contribution in [-0.2, 0) is 24.1 Å². The predicted molar refractivity (Wildman–Crippen MR) is 96.1 cm³/mol. The van der Waals surface area contributed by atoms with Crippen LogP contribution in [0.3, 0.4) is 0 Å². The standard InChI is InChI=1S/C15H18F3N5OS2/c1-23(2)13(24)8-21-14(19-6-10-4-3-5-25-10)20-7-12-22-11(9-26-12)15(16,17)18/h3-5,9H,6-8H2,1-2H3,(H2,19,20,21). The molecule has 1 amide bonds. The first kappa shape index (κ1) is 20.2. The summed E-state index contributed by atoms with van der Waals surface area (Å²) in [5.74, 6) is 0.146. The topological polar surface area (TPSA) is 69.6 Å². The number of carbonyl (C=O) groups excluding carboxylic acids is 1. The fraction of sp³-hybridized carbons (Fsp3) is 0.400. The van der Waals surface area contributed by atoms with Crippen LogP contribution in [0.1, 0.15) is 15.6 Å². The molecule has 2 aromatic rings. The molecule has 0 fully saturated rings. The number of amides is 1. The van der Waals surface area contributed by atoms with Crippen molar-refractivity contribution in [1.29, 1.82) is 0 Å². The molecule has 11 heteroatoms. The second-order valence-corrected chi connectivity index (χ2v) is 7.34. The minimum atomic E-state index is -4.46. The van der Waals surface area contributed by atoms with Crippen LogP contribution in [0.2, 0.25) is 0 Å². The summed E-state index contributed by atoms with van der Waals surface area (Å²) in [6.07, 6.45) is -4.46. The monoisotopic (exact) mass is 405 g/mol. The molecule has 0 spiro atoms. The molecule has 6 nitrogen and oxygen atoms in total. The van der Waals surface area contributed by atoms with Crippen molar-refractivity contribution in [2.24, 2.45) is 4.99 Å². The lowest BCUT2D eigenvalue weighted by Crippen LogP contribution is -2.37. The van der Waals surface area contributed by atoms with Crippen LogP contribution in [0, 0.1) is 0 Å². The molecule has 142 valence electrons. The van der Waals surface area contributed by atoms with Gasteiger partial charge < -0.3 is 15.5 Å². The number of hydrogen-bond donors (Lipinski definition) is 2. The highest BCUT2D eigenvalue weighted by atomic mass is 32.1. The number of rotatable bonds is 6. The van der Waals surface area contributed by atoms with Crippen molar-refractivity contribution < 1.29 is 18.0 Å². The maximum absolute atomic E-state index is 12.6. The maximum atomic E-state index is 12.6. The third kappa shape index (κ3) is 6.30. The number of aliphatic imine (C=N–C) groups is 1. The second kappa shape index (κ2) is 8.99. The summed E-state index contributed by atoms with van der Waals surface area (Å²) in [4.78, 5) is 21.9. The van der Waals surface area contributed by atoms with E-state index in [-0.39, 0.29) is 24.0 Å². The molecule has 26 heavy (non-hydrogen) atoms. The molecular weight excluding hydrogens is 387 g/mol. The number of nitrogens with one attached hydrogen (secondary N) is 2. The van der Waals surface area contributed by atoms with Crippen molar-refractivity contribution in [3.63, 3.8) is 0 Å². The Bertz CT molecular complexity index is 741. The molecule has 0 aromatic carbocycles. The van der Waals surface area contributed by atoms with Crippen molar-refractivity contribution in [3.05, 3.63) is 38.5 Å². The lowest BCUT2D eigenvalue weighted by molar-refractivity contribution is -0.140. The Morgan fingerprint density at radius 2 is 2.00 bits per heavy atom. The van der Waals surface area contributed by atoms with E-state index < -0.39 is 11.9 Å². The molecule has 0 saturated carbocycles. The zero-order valence-electron chi connectivity index (χ0n) is 14.1. The van der Waals surface area contributed by atoms with Gasteiger partial charge in [-0.25, -0.2) is 9.98 Å². The van der Waals surface area contributed by atoms with Gasteiger partial charge >= 0.3 is 6.18 Å². The van der Waals surface area contributed by atoms with E-state index in [0.29, 0.717) is 12.5 Å². The first-order valence-corrected chi connectivity index (χ1v) is 9.28. The summed E-state index contributed by atoms with van der Waals surface area (Å²) < 4.78 is 37.8. The molecule has 0 aliphatic rings. The smallest absolute Gasteiger partial charge is 0.351 e. The summed E-state index contributed by atoms with van der Waals surface area (Å²) in [6.45, 7) is 0.497. The van der Waals surface area contributed by atoms with Gasteiger partial charge in [0.25, 0.3) is 0 Å². The number of alkyl halides is 3. The van der Waals surface area contributed by atoms with Crippen LogP contribution in [-0.4, -0.2) is 42.4 Å². The van der Waals surface area contributed by atoms with Crippen LogP contribution in [0.4, 0.5) is 13.2 Å². The number of guanidine groups is 1. The van der Waals surface area contributed by atoms with Gasteiger partial charge in [-0.3, -0.25) is 4.79 Å². The van der Waals surface area contributed by atoms with Gasteiger partial charge in [-0.05, 0) is 11.4 Å². The zero-order chi connectivity index (χ0) is 19.2. The number of nitrogens with zero attached hydrogens (tertiary/aromatic N) is 3. The van der Waals surface area contributed by atoms with Gasteiger partial charge in [0.05, 0.1) is 13.1 Å². The molecule has 0 saturated heterocycles. The summed E-state index contributed by atoms with van der Waals surface area (Å²) >= 11 is 2.47. The summed E-state index contributed by atoms with van der Waals surface area (Å²) in [5.41, 5.74) is -0.910. The fourth-order valence-electron chi connectivity index (χ4n) is 1.73. The summed E-state index contributed by atoms with van der Waals surface area (Å²) in [5, 5.41) is 9.16. The Morgan fingerprint density at radius 3 is 2.58 bits per heavy atom. The molecule has 2 aromatic heterocycles. The van der Waals surface area contributed by atoms with Crippen molar-refractivity contribution in [2.75, 3.05) is 20.6 Å². The molecule has 0 unspecified atom stereocenters. The van der Waals surface area contributed by atoms with Crippen LogP contribution in [0.25, 0.3) is 0 Å². The Labute approximate surface area is 156 Å². The lowest BCUT2D eigenvalue weighted by Gasteiger charge is -2.12. The number of thiophene rings is 1. The largest absolute Gasteiger partial charge is 0.434 e. The third-order valence-corrected chi connectivity index (χ3v) is 4.86. The molecule has 2 N–H and O–H groups in total. The van der Waals surface area contributed by atoms with E-state index in [4.69, 9.17) is 0 Å². The molecule has 0 atom stereocenters. The van der Waals surface area contributed by atoms with E-state index in [1.54, 1.807) is 25.4 Å². The van der Waals surface area contributed by atoms with Crippen molar-refractivity contribution >= 4 is 34.5 Å². The quantitative estimate of drug-likeness (QED) is 0.573. The van der Waals surface area contributed by atoms with Gasteiger partial charge in [-0.2, -0.15) is 13.2 Å². The van der Waals surface area contributed by atoms with Crippen LogP contribution in [0.15, 0.2) is 27.9 Å². The van der Waals surface area contributed by atoms with Crippen molar-refractivity contribution in [2.45, 2.75) is 19.3 Å². The van der Waals surface area contributed by atoms with E-state index in [2.05, 4.69) is 20.6 Å². The molecule has 2 rings (SSSR count). The van der Waals surface area contributed by atoms with E-state index in [1.165, 1.54) is 4.90 Å². The number of likely N-dealkylation sites (N-methyl/N-ethyl adjacent to an activating group) is 1. The average molecular weight is 405 g/mol. The van der Waals surface area contributed by atoms with E-state index in [0.717, 1.165) is 21.6 Å². The fourth-order valence-corrected chi connectivity index (χ4v) is 3.11. The lowest BCUT2D eigenvalue weighted by atomic mass is 10.4. The Hall–Kier alpha value is -2.14. The van der Waals surface area contributed by atoms with Crippen molar-refractivity contribution in [3.8, 4) is 0 Å². The van der Waals surface area contributed by atoms with E-state index >= 15 is 0 Å². The Balaban J connectivity index is 1.99. The molecule has 0 bridgehead atoms. The Morgan fingerprint density at radius 1 is 1.27 bits per heavy atom. The normalized spacial score (nSPS) is 12.1. The van der Waals surface area contributed by atoms with Gasteiger partial charge in [-0.15, -0.1) is 22.7 Å². The molecule has 2 heterocycles. The first-order chi connectivity index (χ1) is 12.3. The number of thiazole rings is 1. The third-order valence-electron chi connectivity index (χ3n) is 3.13. The highest BCUT2D eigenvalue weighted by Gasteiger charge is 2.33. The van der Waals surface area contributed by atoms with Gasteiger partial charge in [0.1, 0.15) is 11.6 Å². The van der Waals surface area contributed by atoms with Gasteiger partial charge in [0, 0.05) is 24.4 Å². The minimum absolute atomic E-state index is 0.0710. The van der Waals surface area contributed by atoms with Gasteiger partial charge in [-0.1, -0.05) is 6.07 Å². The van der Waals surface area contributed by atoms with Crippen LogP contribution >= 0.6 is 22.7 Å². The second-order valence-electron chi connectivity index (χ2n) is 5.36. The van der Waals surface area contributed by atoms with Gasteiger partial charge in [0.15, 0.2) is 11.7 Å². The van der Waals surface area contributed by atoms with Crippen LogP contribution < -0.4 is 10.6 Å². The first-order valence-electron chi connectivity index (χ1n) is 7.52. The molecule has 0 radical (unpaired) electrons. The average Bonchev–Trinajstić information content (AvgIpc) is 3.24. The molecule has 0 aliphatic heterocycles. The maximum Gasteiger partial charge on any atom is 0.434 e. The summed E-state index contributed by atoms with van der Waals surface area (Å²) in [7, 11) is 3.25. The van der Waals surface area contributed by atoms with Crippen LogP contribution in [0.5, 0.6) is 0 Å². The number of halogens is 3.